The summed E-state index contributed by atoms with van der Waals surface area (Å²) < 4.78 is 0. The highest BCUT2D eigenvalue weighted by Crippen LogP contribution is 2.30. The van der Waals surface area contributed by atoms with Crippen molar-refractivity contribution in [2.45, 2.75) is 25.2 Å². The van der Waals surface area contributed by atoms with Crippen LogP contribution in [-0.4, -0.2) is 48.6 Å². The summed E-state index contributed by atoms with van der Waals surface area (Å²) in [5.41, 5.74) is 3.53. The van der Waals surface area contributed by atoms with E-state index in [4.69, 9.17) is 0 Å². The normalized spacial score (nSPS) is 15.4. The summed E-state index contributed by atoms with van der Waals surface area (Å²) in [5, 5.41) is 7.30. The molecule has 1 aliphatic rings. The molecule has 0 radical (unpaired) electrons. The van der Waals surface area contributed by atoms with E-state index < -0.39 is 0 Å². The molecule has 0 saturated carbocycles. The lowest BCUT2D eigenvalue weighted by Gasteiger charge is -2.19. The minimum Gasteiger partial charge on any atom is -0.361 e. The van der Waals surface area contributed by atoms with Gasteiger partial charge in [0.05, 0.1) is 0 Å². The third-order valence-electron chi connectivity index (χ3n) is 5.80. The van der Waals surface area contributed by atoms with Gasteiger partial charge in [-0.1, -0.05) is 48.5 Å². The number of aromatic amines is 1. The van der Waals surface area contributed by atoms with E-state index in [1.165, 1.54) is 42.4 Å². The fourth-order valence-corrected chi connectivity index (χ4v) is 4.24. The zero-order valence-electron chi connectivity index (χ0n) is 16.9. The first-order chi connectivity index (χ1) is 14.3. The van der Waals surface area contributed by atoms with Crippen LogP contribution in [0.1, 0.15) is 36.3 Å². The van der Waals surface area contributed by atoms with Gasteiger partial charge in [0.2, 0.25) is 0 Å². The van der Waals surface area contributed by atoms with Crippen LogP contribution in [0.15, 0.2) is 60.8 Å². The van der Waals surface area contributed by atoms with Crippen molar-refractivity contribution in [3.8, 4) is 0 Å². The van der Waals surface area contributed by atoms with Crippen LogP contribution in [0.5, 0.6) is 0 Å². The van der Waals surface area contributed by atoms with E-state index in [-0.39, 0.29) is 11.9 Å². The second-order valence-corrected chi connectivity index (χ2v) is 7.79. The Morgan fingerprint density at radius 1 is 1.00 bits per heavy atom. The summed E-state index contributed by atoms with van der Waals surface area (Å²) in [7, 11) is 0. The van der Waals surface area contributed by atoms with Crippen molar-refractivity contribution in [2.75, 3.05) is 32.7 Å². The van der Waals surface area contributed by atoms with Crippen LogP contribution in [0.4, 0.5) is 4.79 Å². The third-order valence-corrected chi connectivity index (χ3v) is 5.80. The van der Waals surface area contributed by atoms with E-state index >= 15 is 0 Å². The Morgan fingerprint density at radius 3 is 2.59 bits per heavy atom. The first kappa shape index (κ1) is 19.5. The molecule has 2 aromatic carbocycles. The second-order valence-electron chi connectivity index (χ2n) is 7.79. The van der Waals surface area contributed by atoms with Crippen LogP contribution < -0.4 is 10.6 Å². The van der Waals surface area contributed by atoms with E-state index in [1.54, 1.807) is 0 Å². The topological polar surface area (TPSA) is 60.2 Å². The van der Waals surface area contributed by atoms with Gasteiger partial charge in [-0.25, -0.2) is 4.79 Å². The summed E-state index contributed by atoms with van der Waals surface area (Å²) in [6, 6.07) is 18.6. The molecular formula is C24H30N4O. The quantitative estimate of drug-likeness (QED) is 0.508. The maximum absolute atomic E-state index is 12.4. The SMILES string of the molecule is O=C(NCCCN1CCCC1)NCC(c1ccccc1)c1c[nH]c2ccccc12. The van der Waals surface area contributed by atoms with Gasteiger partial charge < -0.3 is 20.5 Å². The number of carbonyl (C=O) groups excluding carboxylic acids is 1. The molecule has 1 fully saturated rings. The van der Waals surface area contributed by atoms with Gasteiger partial charge in [0.25, 0.3) is 0 Å². The summed E-state index contributed by atoms with van der Waals surface area (Å²) in [5.74, 6) is 0.0997. The molecule has 2 heterocycles. The molecule has 4 rings (SSSR count). The molecule has 5 nitrogen and oxygen atoms in total. The fourth-order valence-electron chi connectivity index (χ4n) is 4.24. The molecule has 1 aromatic heterocycles. The zero-order chi connectivity index (χ0) is 19.9. The molecule has 3 N–H and O–H groups in total. The van der Waals surface area contributed by atoms with Gasteiger partial charge in [-0.3, -0.25) is 0 Å². The van der Waals surface area contributed by atoms with Crippen LogP contribution >= 0.6 is 0 Å². The number of para-hydroxylation sites is 1. The van der Waals surface area contributed by atoms with Crippen LogP contribution in [0.2, 0.25) is 0 Å². The standard InChI is InChI=1S/C24H30N4O/c29-24(25-13-8-16-28-14-6-7-15-28)27-17-21(19-9-2-1-3-10-19)22-18-26-23-12-5-4-11-20(22)23/h1-5,9-12,18,21,26H,6-8,13-17H2,(H2,25,27,29). The van der Waals surface area contributed by atoms with Crippen LogP contribution in [0.3, 0.4) is 0 Å². The third kappa shape index (κ3) is 4.98. The van der Waals surface area contributed by atoms with E-state index in [2.05, 4.69) is 69.2 Å². The lowest BCUT2D eigenvalue weighted by molar-refractivity contribution is 0.239. The number of benzene rings is 2. The van der Waals surface area contributed by atoms with Gasteiger partial charge in [0.1, 0.15) is 0 Å². The Labute approximate surface area is 172 Å². The number of urea groups is 1. The van der Waals surface area contributed by atoms with Crippen LogP contribution in [0.25, 0.3) is 10.9 Å². The number of fused-ring (bicyclic) bond motifs is 1. The average Bonchev–Trinajstić information content (AvgIpc) is 3.43. The Balaban J connectivity index is 1.36. The molecule has 0 bridgehead atoms. The molecule has 1 aliphatic heterocycles. The number of carbonyl (C=O) groups is 1. The van der Waals surface area contributed by atoms with Crippen molar-refractivity contribution in [3.05, 3.63) is 71.9 Å². The lowest BCUT2D eigenvalue weighted by atomic mass is 9.91. The average molecular weight is 391 g/mol. The summed E-state index contributed by atoms with van der Waals surface area (Å²) in [6.45, 7) is 4.75. The van der Waals surface area contributed by atoms with Crippen molar-refractivity contribution < 1.29 is 4.79 Å². The highest BCUT2D eigenvalue weighted by molar-refractivity contribution is 5.84. The Kier molecular flexibility index (Phi) is 6.47. The summed E-state index contributed by atoms with van der Waals surface area (Å²) >= 11 is 0. The highest BCUT2D eigenvalue weighted by Gasteiger charge is 2.19. The maximum Gasteiger partial charge on any atom is 0.314 e. The van der Waals surface area contributed by atoms with Gasteiger partial charge in [0, 0.05) is 36.1 Å². The number of nitrogens with one attached hydrogen (secondary N) is 3. The van der Waals surface area contributed by atoms with Crippen molar-refractivity contribution in [3.63, 3.8) is 0 Å². The molecule has 29 heavy (non-hydrogen) atoms. The summed E-state index contributed by atoms with van der Waals surface area (Å²) in [4.78, 5) is 18.2. The van der Waals surface area contributed by atoms with Crippen molar-refractivity contribution in [2.24, 2.45) is 0 Å². The predicted octanol–water partition coefficient (Wildman–Crippen LogP) is 4.08. The number of likely N-dealkylation sites (tertiary alicyclic amines) is 1. The Hall–Kier alpha value is -2.79. The molecule has 1 atom stereocenters. The van der Waals surface area contributed by atoms with Crippen molar-refractivity contribution in [1.29, 1.82) is 0 Å². The monoisotopic (exact) mass is 390 g/mol. The summed E-state index contributed by atoms with van der Waals surface area (Å²) in [6.07, 6.45) is 5.68. The van der Waals surface area contributed by atoms with E-state index in [9.17, 15) is 4.79 Å². The molecule has 0 aliphatic carbocycles. The lowest BCUT2D eigenvalue weighted by Crippen LogP contribution is -2.39. The number of hydrogen-bond donors (Lipinski definition) is 3. The Morgan fingerprint density at radius 2 is 1.76 bits per heavy atom. The minimum atomic E-state index is -0.0906. The zero-order valence-corrected chi connectivity index (χ0v) is 16.9. The molecule has 0 spiro atoms. The first-order valence-electron chi connectivity index (χ1n) is 10.7. The van der Waals surface area contributed by atoms with E-state index in [0.717, 1.165) is 18.5 Å². The van der Waals surface area contributed by atoms with E-state index in [0.29, 0.717) is 13.1 Å². The van der Waals surface area contributed by atoms with Gasteiger partial charge in [-0.2, -0.15) is 0 Å². The second kappa shape index (κ2) is 9.61. The van der Waals surface area contributed by atoms with Gasteiger partial charge in [-0.15, -0.1) is 0 Å². The van der Waals surface area contributed by atoms with Crippen molar-refractivity contribution >= 4 is 16.9 Å². The number of hydrogen-bond acceptors (Lipinski definition) is 2. The highest BCUT2D eigenvalue weighted by atomic mass is 16.2. The van der Waals surface area contributed by atoms with Gasteiger partial charge >= 0.3 is 6.03 Å². The van der Waals surface area contributed by atoms with Crippen LogP contribution in [0, 0.1) is 0 Å². The number of rotatable bonds is 8. The van der Waals surface area contributed by atoms with Gasteiger partial charge in [0.15, 0.2) is 0 Å². The first-order valence-corrected chi connectivity index (χ1v) is 10.7. The molecule has 1 saturated heterocycles. The number of H-pyrrole nitrogens is 1. The predicted molar refractivity (Wildman–Crippen MR) is 118 cm³/mol. The van der Waals surface area contributed by atoms with Gasteiger partial charge in [-0.05, 0) is 56.1 Å². The molecule has 2 amide bonds. The number of aromatic nitrogens is 1. The molecular weight excluding hydrogens is 360 g/mol. The largest absolute Gasteiger partial charge is 0.361 e. The number of nitrogens with zero attached hydrogens (tertiary/aromatic N) is 1. The molecule has 1 unspecified atom stereocenters. The Bertz CT molecular complexity index is 915. The maximum atomic E-state index is 12.4. The molecule has 152 valence electrons. The van der Waals surface area contributed by atoms with Crippen molar-refractivity contribution in [1.82, 2.24) is 20.5 Å². The van der Waals surface area contributed by atoms with Crippen LogP contribution in [-0.2, 0) is 0 Å². The minimum absolute atomic E-state index is 0.0906. The molecule has 3 aromatic rings. The molecule has 5 heteroatoms. The smallest absolute Gasteiger partial charge is 0.314 e. The fraction of sp³-hybridized carbons (Fsp3) is 0.375. The van der Waals surface area contributed by atoms with E-state index in [1.807, 2.05) is 12.1 Å². The number of amides is 2.